The summed E-state index contributed by atoms with van der Waals surface area (Å²) in [7, 11) is 0. The van der Waals surface area contributed by atoms with Crippen molar-refractivity contribution in [3.63, 3.8) is 0 Å². The molecule has 0 radical (unpaired) electrons. The molecule has 2 rings (SSSR count). The second-order valence-corrected chi connectivity index (χ2v) is 2.84. The van der Waals surface area contributed by atoms with Gasteiger partial charge in [-0.25, -0.2) is 0 Å². The Hall–Kier alpha value is -2.19. The van der Waals surface area contributed by atoms with E-state index in [0.717, 1.165) is 5.39 Å². The van der Waals surface area contributed by atoms with Crippen molar-refractivity contribution in [2.45, 2.75) is 0 Å². The normalized spacial score (nSPS) is 9.71. The number of phenolic OH excluding ortho intramolecular Hbond substituents is 1. The zero-order valence-electron chi connectivity index (χ0n) is 7.25. The highest BCUT2D eigenvalue weighted by Gasteiger charge is 2.01. The largest absolute Gasteiger partial charge is 0.507 e. The standard InChI is InChI=1S/C10H7N3O/c11-13-12-9-5-1-4-8-7(9)3-2-6-10(8)14/h1-6,14H. The first-order valence-corrected chi connectivity index (χ1v) is 4.09. The number of azide groups is 1. The fourth-order valence-corrected chi connectivity index (χ4v) is 1.41. The van der Waals surface area contributed by atoms with E-state index in [1.165, 1.54) is 0 Å². The Morgan fingerprint density at radius 1 is 1.07 bits per heavy atom. The molecule has 2 aromatic carbocycles. The van der Waals surface area contributed by atoms with Crippen LogP contribution in [0.4, 0.5) is 5.69 Å². The Bertz CT molecular complexity index is 530. The quantitative estimate of drug-likeness (QED) is 0.412. The minimum Gasteiger partial charge on any atom is -0.507 e. The zero-order valence-corrected chi connectivity index (χ0v) is 7.25. The molecule has 0 saturated carbocycles. The zero-order chi connectivity index (χ0) is 9.97. The summed E-state index contributed by atoms with van der Waals surface area (Å²) in [4.78, 5) is 2.73. The summed E-state index contributed by atoms with van der Waals surface area (Å²) in [6.45, 7) is 0. The molecule has 0 aliphatic heterocycles. The molecule has 4 heteroatoms. The third-order valence-electron chi connectivity index (χ3n) is 2.03. The van der Waals surface area contributed by atoms with Crippen molar-refractivity contribution < 1.29 is 5.11 Å². The summed E-state index contributed by atoms with van der Waals surface area (Å²) in [5.74, 6) is 0.192. The summed E-state index contributed by atoms with van der Waals surface area (Å²) in [5.41, 5.74) is 8.87. The molecule has 0 unspecified atom stereocenters. The lowest BCUT2D eigenvalue weighted by molar-refractivity contribution is 0.481. The van der Waals surface area contributed by atoms with Crippen LogP contribution in [0.1, 0.15) is 0 Å². The lowest BCUT2D eigenvalue weighted by Crippen LogP contribution is -1.73. The summed E-state index contributed by atoms with van der Waals surface area (Å²) < 4.78 is 0. The number of phenols is 1. The van der Waals surface area contributed by atoms with E-state index in [0.29, 0.717) is 11.1 Å². The number of hydrogen-bond donors (Lipinski definition) is 1. The Balaban J connectivity index is 2.87. The van der Waals surface area contributed by atoms with Gasteiger partial charge in [0.2, 0.25) is 0 Å². The van der Waals surface area contributed by atoms with Crippen LogP contribution >= 0.6 is 0 Å². The Labute approximate surface area is 80.0 Å². The maximum Gasteiger partial charge on any atom is 0.123 e. The third-order valence-corrected chi connectivity index (χ3v) is 2.03. The predicted octanol–water partition coefficient (Wildman–Crippen LogP) is 3.49. The van der Waals surface area contributed by atoms with E-state index in [2.05, 4.69) is 10.0 Å². The lowest BCUT2D eigenvalue weighted by Gasteiger charge is -2.02. The van der Waals surface area contributed by atoms with E-state index in [-0.39, 0.29) is 5.75 Å². The van der Waals surface area contributed by atoms with E-state index in [4.69, 9.17) is 5.53 Å². The number of aromatic hydroxyl groups is 1. The number of nitrogens with zero attached hydrogens (tertiary/aromatic N) is 3. The van der Waals surface area contributed by atoms with Gasteiger partial charge in [0, 0.05) is 16.0 Å². The molecule has 0 aromatic heterocycles. The van der Waals surface area contributed by atoms with E-state index in [1.807, 2.05) is 0 Å². The first kappa shape index (κ1) is 8.41. The van der Waals surface area contributed by atoms with Crippen LogP contribution in [0.15, 0.2) is 41.5 Å². The molecule has 0 atom stereocenters. The van der Waals surface area contributed by atoms with Gasteiger partial charge in [-0.15, -0.1) is 0 Å². The molecule has 0 fully saturated rings. The SMILES string of the molecule is [N-]=[N+]=Nc1cccc2c(O)cccc12. The lowest BCUT2D eigenvalue weighted by atomic mass is 10.1. The Morgan fingerprint density at radius 2 is 1.79 bits per heavy atom. The van der Waals surface area contributed by atoms with Crippen LogP contribution in [-0.2, 0) is 0 Å². The van der Waals surface area contributed by atoms with Crippen molar-refractivity contribution >= 4 is 16.5 Å². The van der Waals surface area contributed by atoms with E-state index in [1.54, 1.807) is 36.4 Å². The van der Waals surface area contributed by atoms with Gasteiger partial charge in [-0.05, 0) is 17.0 Å². The van der Waals surface area contributed by atoms with E-state index < -0.39 is 0 Å². The van der Waals surface area contributed by atoms with Gasteiger partial charge in [0.25, 0.3) is 0 Å². The van der Waals surface area contributed by atoms with Gasteiger partial charge in [-0.3, -0.25) is 0 Å². The van der Waals surface area contributed by atoms with Crippen LogP contribution in [0.2, 0.25) is 0 Å². The first-order valence-electron chi connectivity index (χ1n) is 4.09. The van der Waals surface area contributed by atoms with Crippen molar-refractivity contribution in [1.29, 1.82) is 0 Å². The monoisotopic (exact) mass is 185 g/mol. The molecule has 0 amide bonds. The van der Waals surface area contributed by atoms with Gasteiger partial charge in [0.15, 0.2) is 0 Å². The van der Waals surface area contributed by atoms with Gasteiger partial charge in [-0.1, -0.05) is 35.4 Å². The predicted molar refractivity (Wildman–Crippen MR) is 54.4 cm³/mol. The number of rotatable bonds is 1. The minimum atomic E-state index is 0.192. The maximum atomic E-state index is 9.53. The Morgan fingerprint density at radius 3 is 2.57 bits per heavy atom. The highest BCUT2D eigenvalue weighted by molar-refractivity contribution is 5.96. The second-order valence-electron chi connectivity index (χ2n) is 2.84. The summed E-state index contributed by atoms with van der Waals surface area (Å²) in [6, 6.07) is 10.4. The van der Waals surface area contributed by atoms with E-state index >= 15 is 0 Å². The molecule has 0 aliphatic rings. The van der Waals surface area contributed by atoms with Gasteiger partial charge in [0.05, 0.1) is 0 Å². The molecule has 4 nitrogen and oxygen atoms in total. The molecule has 14 heavy (non-hydrogen) atoms. The molecule has 0 spiro atoms. The fraction of sp³-hybridized carbons (Fsp3) is 0. The van der Waals surface area contributed by atoms with Crippen molar-refractivity contribution in [1.82, 2.24) is 0 Å². The van der Waals surface area contributed by atoms with Gasteiger partial charge in [-0.2, -0.15) is 0 Å². The smallest absolute Gasteiger partial charge is 0.123 e. The first-order chi connectivity index (χ1) is 6.83. The average molecular weight is 185 g/mol. The second kappa shape index (κ2) is 3.28. The fourth-order valence-electron chi connectivity index (χ4n) is 1.41. The van der Waals surface area contributed by atoms with Crippen molar-refractivity contribution in [2.24, 2.45) is 5.11 Å². The molecule has 0 heterocycles. The number of hydrogen-bond acceptors (Lipinski definition) is 2. The van der Waals surface area contributed by atoms with Crippen LogP contribution in [0.25, 0.3) is 21.2 Å². The third kappa shape index (κ3) is 1.24. The van der Waals surface area contributed by atoms with Crippen LogP contribution in [0.5, 0.6) is 5.75 Å². The van der Waals surface area contributed by atoms with Crippen LogP contribution in [-0.4, -0.2) is 5.11 Å². The number of fused-ring (bicyclic) bond motifs is 1. The molecule has 0 saturated heterocycles. The summed E-state index contributed by atoms with van der Waals surface area (Å²) in [5, 5.41) is 14.5. The minimum absolute atomic E-state index is 0.192. The topological polar surface area (TPSA) is 69.0 Å². The molecular formula is C10H7N3O. The average Bonchev–Trinajstić information content (AvgIpc) is 2.20. The van der Waals surface area contributed by atoms with Gasteiger partial charge >= 0.3 is 0 Å². The molecule has 0 aliphatic carbocycles. The van der Waals surface area contributed by atoms with Crippen molar-refractivity contribution in [3.05, 3.63) is 46.8 Å². The Kier molecular flexibility index (Phi) is 1.97. The van der Waals surface area contributed by atoms with Crippen molar-refractivity contribution in [3.8, 4) is 5.75 Å². The molecule has 1 N–H and O–H groups in total. The van der Waals surface area contributed by atoms with Crippen LogP contribution in [0, 0.1) is 0 Å². The van der Waals surface area contributed by atoms with Crippen molar-refractivity contribution in [2.75, 3.05) is 0 Å². The summed E-state index contributed by atoms with van der Waals surface area (Å²) >= 11 is 0. The molecule has 68 valence electrons. The van der Waals surface area contributed by atoms with Gasteiger partial charge in [0.1, 0.15) is 5.75 Å². The molecule has 0 bridgehead atoms. The van der Waals surface area contributed by atoms with E-state index in [9.17, 15) is 5.11 Å². The maximum absolute atomic E-state index is 9.53. The molecule has 2 aromatic rings. The number of benzene rings is 2. The highest BCUT2D eigenvalue weighted by atomic mass is 16.3. The highest BCUT2D eigenvalue weighted by Crippen LogP contribution is 2.31. The van der Waals surface area contributed by atoms with Crippen LogP contribution in [0.3, 0.4) is 0 Å². The summed E-state index contributed by atoms with van der Waals surface area (Å²) in [6.07, 6.45) is 0. The molecular weight excluding hydrogens is 178 g/mol. The van der Waals surface area contributed by atoms with Gasteiger partial charge < -0.3 is 5.11 Å². The van der Waals surface area contributed by atoms with Crippen LogP contribution < -0.4 is 0 Å².